The van der Waals surface area contributed by atoms with Gasteiger partial charge in [0.05, 0.1) is 12.7 Å². The van der Waals surface area contributed by atoms with Gasteiger partial charge in [-0.1, -0.05) is 90.2 Å². The van der Waals surface area contributed by atoms with Crippen LogP contribution in [0.4, 0.5) is 0 Å². The molecule has 1 atom stereocenters. The Morgan fingerprint density at radius 1 is 0.815 bits per heavy atom. The van der Waals surface area contributed by atoms with Crippen LogP contribution in [0.15, 0.2) is 12.2 Å². The average Bonchev–Trinajstić information content (AvgIpc) is 2.66. The molecule has 0 saturated carbocycles. The molecule has 0 saturated heterocycles. The van der Waals surface area contributed by atoms with E-state index in [0.29, 0.717) is 13.0 Å². The largest absolute Gasteiger partial charge is 0.466 e. The van der Waals surface area contributed by atoms with Crippen LogP contribution in [0.5, 0.6) is 0 Å². The van der Waals surface area contributed by atoms with E-state index in [1.807, 2.05) is 0 Å². The molecule has 0 spiro atoms. The molecule has 0 radical (unpaired) electrons. The third-order valence-corrected chi connectivity index (χ3v) is 4.98. The van der Waals surface area contributed by atoms with E-state index in [0.717, 1.165) is 51.4 Å². The number of rotatable bonds is 20. The SMILES string of the molecule is CCCCCCOC(=O)CCCCCCCC=CCC(O)CCCCCC. The van der Waals surface area contributed by atoms with Crippen molar-refractivity contribution < 1.29 is 14.6 Å². The molecule has 0 aromatic heterocycles. The number of carbonyl (C=O) groups is 1. The van der Waals surface area contributed by atoms with Crippen molar-refractivity contribution in [1.82, 2.24) is 0 Å². The minimum absolute atomic E-state index is 0.0253. The molecular weight excluding hydrogens is 336 g/mol. The molecule has 160 valence electrons. The molecule has 3 nitrogen and oxygen atoms in total. The first kappa shape index (κ1) is 26.2. The van der Waals surface area contributed by atoms with Gasteiger partial charge < -0.3 is 9.84 Å². The molecule has 0 bridgehead atoms. The molecule has 0 heterocycles. The second-order valence-corrected chi connectivity index (χ2v) is 7.80. The second kappa shape index (κ2) is 21.5. The summed E-state index contributed by atoms with van der Waals surface area (Å²) in [6.45, 7) is 4.99. The quantitative estimate of drug-likeness (QED) is 0.138. The summed E-state index contributed by atoms with van der Waals surface area (Å²) in [5, 5.41) is 9.90. The van der Waals surface area contributed by atoms with Gasteiger partial charge in [0.1, 0.15) is 0 Å². The Morgan fingerprint density at radius 3 is 2.19 bits per heavy atom. The molecule has 0 fully saturated rings. The minimum Gasteiger partial charge on any atom is -0.466 e. The van der Waals surface area contributed by atoms with Crippen LogP contribution in [0, 0.1) is 0 Å². The van der Waals surface area contributed by atoms with Crippen LogP contribution in [-0.4, -0.2) is 23.8 Å². The van der Waals surface area contributed by atoms with Crippen LogP contribution >= 0.6 is 0 Å². The van der Waals surface area contributed by atoms with Crippen molar-refractivity contribution >= 4 is 5.97 Å². The van der Waals surface area contributed by atoms with Crippen molar-refractivity contribution in [3.63, 3.8) is 0 Å². The lowest BCUT2D eigenvalue weighted by Gasteiger charge is -2.07. The fourth-order valence-corrected chi connectivity index (χ4v) is 3.14. The van der Waals surface area contributed by atoms with Crippen LogP contribution in [0.2, 0.25) is 0 Å². The molecular formula is C24H46O3. The number of unbranched alkanes of at least 4 members (excludes halogenated alkanes) is 11. The van der Waals surface area contributed by atoms with Crippen LogP contribution in [0.1, 0.15) is 123 Å². The maximum Gasteiger partial charge on any atom is 0.305 e. The lowest BCUT2D eigenvalue weighted by Crippen LogP contribution is -2.05. The topological polar surface area (TPSA) is 46.5 Å². The summed E-state index contributed by atoms with van der Waals surface area (Å²) < 4.78 is 5.25. The van der Waals surface area contributed by atoms with E-state index in [-0.39, 0.29) is 12.1 Å². The Labute approximate surface area is 169 Å². The van der Waals surface area contributed by atoms with Crippen molar-refractivity contribution in [2.45, 2.75) is 129 Å². The number of hydrogen-bond donors (Lipinski definition) is 1. The third-order valence-electron chi connectivity index (χ3n) is 4.98. The number of aliphatic hydroxyl groups excluding tert-OH is 1. The Morgan fingerprint density at radius 2 is 1.44 bits per heavy atom. The highest BCUT2D eigenvalue weighted by molar-refractivity contribution is 5.69. The molecule has 0 aliphatic heterocycles. The van der Waals surface area contributed by atoms with Gasteiger partial charge in [0.15, 0.2) is 0 Å². The molecule has 1 N–H and O–H groups in total. The number of allylic oxidation sites excluding steroid dienone is 1. The molecule has 1 unspecified atom stereocenters. The predicted molar refractivity (Wildman–Crippen MR) is 116 cm³/mol. The van der Waals surface area contributed by atoms with Crippen LogP contribution in [-0.2, 0) is 9.53 Å². The second-order valence-electron chi connectivity index (χ2n) is 7.80. The van der Waals surface area contributed by atoms with E-state index in [1.54, 1.807) is 0 Å². The van der Waals surface area contributed by atoms with Gasteiger partial charge >= 0.3 is 5.97 Å². The van der Waals surface area contributed by atoms with Gasteiger partial charge in [-0.15, -0.1) is 0 Å². The number of hydrogen-bond acceptors (Lipinski definition) is 3. The molecule has 0 aliphatic rings. The van der Waals surface area contributed by atoms with Gasteiger partial charge in [-0.25, -0.2) is 0 Å². The number of carbonyl (C=O) groups excluding carboxylic acids is 1. The Balaban J connectivity index is 3.30. The molecule has 0 amide bonds. The van der Waals surface area contributed by atoms with E-state index in [4.69, 9.17) is 4.74 Å². The van der Waals surface area contributed by atoms with Crippen molar-refractivity contribution in [2.24, 2.45) is 0 Å². The molecule has 0 rings (SSSR count). The predicted octanol–water partition coefficient (Wildman–Crippen LogP) is 7.12. The normalized spacial score (nSPS) is 12.6. The van der Waals surface area contributed by atoms with Crippen LogP contribution < -0.4 is 0 Å². The van der Waals surface area contributed by atoms with E-state index in [2.05, 4.69) is 26.0 Å². The monoisotopic (exact) mass is 382 g/mol. The van der Waals surface area contributed by atoms with Crippen molar-refractivity contribution in [2.75, 3.05) is 6.61 Å². The van der Waals surface area contributed by atoms with Gasteiger partial charge in [0.25, 0.3) is 0 Å². The summed E-state index contributed by atoms with van der Waals surface area (Å²) in [4.78, 5) is 11.6. The summed E-state index contributed by atoms with van der Waals surface area (Å²) in [5.41, 5.74) is 0. The maximum absolute atomic E-state index is 11.6. The fraction of sp³-hybridized carbons (Fsp3) is 0.875. The fourth-order valence-electron chi connectivity index (χ4n) is 3.14. The third kappa shape index (κ3) is 21.3. The highest BCUT2D eigenvalue weighted by Crippen LogP contribution is 2.11. The Bertz CT molecular complexity index is 339. The van der Waals surface area contributed by atoms with Crippen molar-refractivity contribution in [1.29, 1.82) is 0 Å². The molecule has 0 aliphatic carbocycles. The van der Waals surface area contributed by atoms with E-state index < -0.39 is 0 Å². The van der Waals surface area contributed by atoms with Gasteiger partial charge in [0.2, 0.25) is 0 Å². The number of esters is 1. The molecule has 27 heavy (non-hydrogen) atoms. The van der Waals surface area contributed by atoms with Gasteiger partial charge in [-0.05, 0) is 38.5 Å². The zero-order valence-corrected chi connectivity index (χ0v) is 18.2. The standard InChI is InChI=1S/C24H46O3/c1-3-5-7-15-19-23(25)20-16-13-11-9-10-12-14-17-21-24(26)27-22-18-8-6-4-2/h13,16,23,25H,3-12,14-15,17-22H2,1-2H3. The zero-order chi connectivity index (χ0) is 20.0. The van der Waals surface area contributed by atoms with Crippen molar-refractivity contribution in [3.8, 4) is 0 Å². The highest BCUT2D eigenvalue weighted by Gasteiger charge is 2.02. The summed E-state index contributed by atoms with van der Waals surface area (Å²) in [6, 6.07) is 0. The first-order valence-electron chi connectivity index (χ1n) is 11.7. The van der Waals surface area contributed by atoms with Gasteiger partial charge in [-0.3, -0.25) is 4.79 Å². The lowest BCUT2D eigenvalue weighted by atomic mass is 10.1. The molecule has 0 aromatic carbocycles. The van der Waals surface area contributed by atoms with E-state index in [9.17, 15) is 9.90 Å². The zero-order valence-electron chi connectivity index (χ0n) is 18.2. The minimum atomic E-state index is -0.162. The smallest absolute Gasteiger partial charge is 0.305 e. The maximum atomic E-state index is 11.6. The first-order valence-corrected chi connectivity index (χ1v) is 11.7. The summed E-state index contributed by atoms with van der Waals surface area (Å²) in [6.07, 6.45) is 22.8. The number of aliphatic hydroxyl groups is 1. The van der Waals surface area contributed by atoms with E-state index in [1.165, 1.54) is 51.4 Å². The van der Waals surface area contributed by atoms with Gasteiger partial charge in [-0.2, -0.15) is 0 Å². The molecule has 3 heteroatoms. The lowest BCUT2D eigenvalue weighted by molar-refractivity contribution is -0.143. The summed E-state index contributed by atoms with van der Waals surface area (Å²) in [5.74, 6) is -0.0253. The van der Waals surface area contributed by atoms with Gasteiger partial charge in [0, 0.05) is 6.42 Å². The van der Waals surface area contributed by atoms with Crippen LogP contribution in [0.3, 0.4) is 0 Å². The molecule has 0 aromatic rings. The Kier molecular flexibility index (Phi) is 20.8. The first-order chi connectivity index (χ1) is 13.2. The Hall–Kier alpha value is -0.830. The summed E-state index contributed by atoms with van der Waals surface area (Å²) >= 11 is 0. The van der Waals surface area contributed by atoms with E-state index >= 15 is 0 Å². The summed E-state index contributed by atoms with van der Waals surface area (Å²) in [7, 11) is 0. The number of ether oxygens (including phenoxy) is 1. The van der Waals surface area contributed by atoms with Crippen LogP contribution in [0.25, 0.3) is 0 Å². The average molecular weight is 383 g/mol. The van der Waals surface area contributed by atoms with Crippen molar-refractivity contribution in [3.05, 3.63) is 12.2 Å². The highest BCUT2D eigenvalue weighted by atomic mass is 16.5.